The molecule has 2 N–H and O–H groups in total. The van der Waals surface area contributed by atoms with Gasteiger partial charge >= 0.3 is 0 Å². The standard InChI is InChI=1S/C14H18ClN3O2/c1-5-8-9(10-7-17-18(2)14(10)16)6-11(19-3)13(20-4)12(8)15/h6-7H,5,16H2,1-4H3. The molecule has 2 aromatic rings. The number of methoxy groups -OCH3 is 2. The van der Waals surface area contributed by atoms with Gasteiger partial charge in [-0.15, -0.1) is 0 Å². The molecule has 0 saturated carbocycles. The zero-order chi connectivity index (χ0) is 14.9. The van der Waals surface area contributed by atoms with Gasteiger partial charge in [0.2, 0.25) is 0 Å². The Bertz CT molecular complexity index is 638. The third-order valence-corrected chi connectivity index (χ3v) is 3.74. The molecule has 0 amide bonds. The van der Waals surface area contributed by atoms with E-state index in [4.69, 9.17) is 26.8 Å². The maximum atomic E-state index is 6.43. The summed E-state index contributed by atoms with van der Waals surface area (Å²) in [5, 5.41) is 4.72. The predicted molar refractivity (Wildman–Crippen MR) is 80.5 cm³/mol. The molecule has 108 valence electrons. The van der Waals surface area contributed by atoms with Crippen LogP contribution in [0.25, 0.3) is 11.1 Å². The number of ether oxygens (including phenoxy) is 2. The highest BCUT2D eigenvalue weighted by atomic mass is 35.5. The van der Waals surface area contributed by atoms with E-state index in [1.54, 1.807) is 32.1 Å². The van der Waals surface area contributed by atoms with Gasteiger partial charge < -0.3 is 15.2 Å². The molecule has 0 saturated heterocycles. The van der Waals surface area contributed by atoms with Gasteiger partial charge in [0.25, 0.3) is 0 Å². The van der Waals surface area contributed by atoms with Crippen LogP contribution in [0.2, 0.25) is 5.02 Å². The number of halogens is 1. The van der Waals surface area contributed by atoms with E-state index in [0.717, 1.165) is 23.1 Å². The van der Waals surface area contributed by atoms with Crippen LogP contribution in [-0.2, 0) is 13.5 Å². The van der Waals surface area contributed by atoms with Gasteiger partial charge in [-0.05, 0) is 23.6 Å². The summed E-state index contributed by atoms with van der Waals surface area (Å²) in [6.07, 6.45) is 2.48. The first-order valence-corrected chi connectivity index (χ1v) is 6.64. The molecule has 0 fully saturated rings. The van der Waals surface area contributed by atoms with Crippen molar-refractivity contribution in [1.29, 1.82) is 0 Å². The van der Waals surface area contributed by atoms with Crippen molar-refractivity contribution in [2.45, 2.75) is 13.3 Å². The van der Waals surface area contributed by atoms with Crippen molar-refractivity contribution in [2.75, 3.05) is 20.0 Å². The van der Waals surface area contributed by atoms with Crippen LogP contribution in [-0.4, -0.2) is 24.0 Å². The minimum Gasteiger partial charge on any atom is -0.493 e. The second-order valence-corrected chi connectivity index (χ2v) is 4.75. The minimum absolute atomic E-state index is 0.539. The first-order chi connectivity index (χ1) is 9.54. The van der Waals surface area contributed by atoms with E-state index in [1.165, 1.54) is 0 Å². The number of nitrogens with two attached hydrogens (primary N) is 1. The Morgan fingerprint density at radius 3 is 2.45 bits per heavy atom. The molecule has 0 aliphatic heterocycles. The average Bonchev–Trinajstić information content (AvgIpc) is 2.77. The van der Waals surface area contributed by atoms with Crippen molar-refractivity contribution >= 4 is 17.4 Å². The van der Waals surface area contributed by atoms with Gasteiger partial charge in [0.1, 0.15) is 5.82 Å². The summed E-state index contributed by atoms with van der Waals surface area (Å²) in [6, 6.07) is 1.89. The van der Waals surface area contributed by atoms with E-state index in [2.05, 4.69) is 5.10 Å². The lowest BCUT2D eigenvalue weighted by Gasteiger charge is -2.16. The van der Waals surface area contributed by atoms with Gasteiger partial charge in [-0.1, -0.05) is 18.5 Å². The van der Waals surface area contributed by atoms with Gasteiger partial charge in [-0.2, -0.15) is 5.10 Å². The van der Waals surface area contributed by atoms with E-state index < -0.39 is 0 Å². The third-order valence-electron chi connectivity index (χ3n) is 3.34. The molecule has 0 radical (unpaired) electrons. The number of aryl methyl sites for hydroxylation is 1. The lowest BCUT2D eigenvalue weighted by Crippen LogP contribution is -2.01. The number of aromatic nitrogens is 2. The number of nitrogen functional groups attached to an aromatic ring is 1. The Balaban J connectivity index is 2.75. The summed E-state index contributed by atoms with van der Waals surface area (Å²) in [5.41, 5.74) is 8.78. The van der Waals surface area contributed by atoms with E-state index in [-0.39, 0.29) is 0 Å². The fourth-order valence-electron chi connectivity index (χ4n) is 2.23. The van der Waals surface area contributed by atoms with Crippen molar-refractivity contribution in [3.05, 3.63) is 22.8 Å². The predicted octanol–water partition coefficient (Wildman–Crippen LogP) is 2.90. The highest BCUT2D eigenvalue weighted by molar-refractivity contribution is 6.33. The van der Waals surface area contributed by atoms with E-state index in [0.29, 0.717) is 22.3 Å². The Hall–Kier alpha value is -1.88. The number of benzene rings is 1. The highest BCUT2D eigenvalue weighted by Gasteiger charge is 2.20. The maximum Gasteiger partial charge on any atom is 0.179 e. The second-order valence-electron chi connectivity index (χ2n) is 4.37. The van der Waals surface area contributed by atoms with Crippen molar-refractivity contribution in [3.63, 3.8) is 0 Å². The summed E-state index contributed by atoms with van der Waals surface area (Å²) in [5.74, 6) is 1.70. The topological polar surface area (TPSA) is 62.3 Å². The molecule has 0 aliphatic rings. The van der Waals surface area contributed by atoms with Gasteiger partial charge in [0, 0.05) is 12.6 Å². The molecule has 0 bridgehead atoms. The van der Waals surface area contributed by atoms with Crippen molar-refractivity contribution in [1.82, 2.24) is 9.78 Å². The number of rotatable bonds is 4. The molecular formula is C14H18ClN3O2. The largest absolute Gasteiger partial charge is 0.493 e. The second kappa shape index (κ2) is 5.63. The van der Waals surface area contributed by atoms with Crippen LogP contribution in [0.3, 0.4) is 0 Å². The summed E-state index contributed by atoms with van der Waals surface area (Å²) in [6.45, 7) is 2.03. The van der Waals surface area contributed by atoms with Gasteiger partial charge in [-0.25, -0.2) is 0 Å². The minimum atomic E-state index is 0.539. The monoisotopic (exact) mass is 295 g/mol. The van der Waals surface area contributed by atoms with Crippen LogP contribution in [0.5, 0.6) is 11.5 Å². The van der Waals surface area contributed by atoms with Crippen molar-refractivity contribution in [2.24, 2.45) is 7.05 Å². The lowest BCUT2D eigenvalue weighted by atomic mass is 9.98. The number of anilines is 1. The summed E-state index contributed by atoms with van der Waals surface area (Å²) >= 11 is 6.43. The Morgan fingerprint density at radius 2 is 2.00 bits per heavy atom. The van der Waals surface area contributed by atoms with Crippen molar-refractivity contribution < 1.29 is 9.47 Å². The summed E-state index contributed by atoms with van der Waals surface area (Å²) in [7, 11) is 4.95. The number of hydrogen-bond acceptors (Lipinski definition) is 4. The smallest absolute Gasteiger partial charge is 0.179 e. The molecule has 0 atom stereocenters. The number of hydrogen-bond donors (Lipinski definition) is 1. The number of nitrogens with zero attached hydrogens (tertiary/aromatic N) is 2. The van der Waals surface area contributed by atoms with Crippen LogP contribution < -0.4 is 15.2 Å². The molecule has 6 heteroatoms. The molecule has 0 spiro atoms. The van der Waals surface area contributed by atoms with Crippen molar-refractivity contribution in [3.8, 4) is 22.6 Å². The molecular weight excluding hydrogens is 278 g/mol. The van der Waals surface area contributed by atoms with E-state index in [1.807, 2.05) is 13.0 Å². The van der Waals surface area contributed by atoms with Crippen LogP contribution >= 0.6 is 11.6 Å². The molecule has 1 heterocycles. The first-order valence-electron chi connectivity index (χ1n) is 6.26. The van der Waals surface area contributed by atoms with Crippen LogP contribution in [0.1, 0.15) is 12.5 Å². The van der Waals surface area contributed by atoms with Crippen LogP contribution in [0, 0.1) is 0 Å². The fourth-order valence-corrected chi connectivity index (χ4v) is 2.64. The van der Waals surface area contributed by atoms with Gasteiger partial charge in [0.05, 0.1) is 25.4 Å². The maximum absolute atomic E-state index is 6.43. The normalized spacial score (nSPS) is 10.7. The highest BCUT2D eigenvalue weighted by Crippen LogP contribution is 2.44. The molecule has 0 unspecified atom stereocenters. The zero-order valence-electron chi connectivity index (χ0n) is 12.0. The SMILES string of the molecule is CCc1c(-c2cnn(C)c2N)cc(OC)c(OC)c1Cl. The van der Waals surface area contributed by atoms with Gasteiger partial charge in [-0.3, -0.25) is 4.68 Å². The van der Waals surface area contributed by atoms with Gasteiger partial charge in [0.15, 0.2) is 11.5 Å². The Labute approximate surface area is 123 Å². The average molecular weight is 296 g/mol. The Morgan fingerprint density at radius 1 is 1.30 bits per heavy atom. The quantitative estimate of drug-likeness (QED) is 0.942. The zero-order valence-corrected chi connectivity index (χ0v) is 12.8. The van der Waals surface area contributed by atoms with E-state index in [9.17, 15) is 0 Å². The molecule has 2 rings (SSSR count). The fraction of sp³-hybridized carbons (Fsp3) is 0.357. The molecule has 1 aromatic carbocycles. The van der Waals surface area contributed by atoms with Crippen LogP contribution in [0.15, 0.2) is 12.3 Å². The molecule has 20 heavy (non-hydrogen) atoms. The molecule has 1 aromatic heterocycles. The molecule has 5 nitrogen and oxygen atoms in total. The van der Waals surface area contributed by atoms with Crippen LogP contribution in [0.4, 0.5) is 5.82 Å². The third kappa shape index (κ3) is 2.18. The van der Waals surface area contributed by atoms with E-state index >= 15 is 0 Å². The summed E-state index contributed by atoms with van der Waals surface area (Å²) in [4.78, 5) is 0. The first kappa shape index (κ1) is 14.5. The molecule has 0 aliphatic carbocycles. The summed E-state index contributed by atoms with van der Waals surface area (Å²) < 4.78 is 12.3. The lowest BCUT2D eigenvalue weighted by molar-refractivity contribution is 0.355. The Kier molecular flexibility index (Phi) is 4.09.